The third-order valence-electron chi connectivity index (χ3n) is 6.08. The van der Waals surface area contributed by atoms with Crippen molar-refractivity contribution in [2.45, 2.75) is 69.9 Å². The number of benzene rings is 1. The number of rotatable bonds is 8. The van der Waals surface area contributed by atoms with E-state index >= 15 is 0 Å². The molecule has 0 radical (unpaired) electrons. The van der Waals surface area contributed by atoms with Crippen LogP contribution in [-0.4, -0.2) is 40.3 Å². The van der Waals surface area contributed by atoms with Crippen LogP contribution in [0.2, 0.25) is 18.1 Å². The molecule has 1 aliphatic heterocycles. The molecule has 4 atom stereocenters. The van der Waals surface area contributed by atoms with Gasteiger partial charge < -0.3 is 18.6 Å². The second kappa shape index (κ2) is 9.41. The monoisotopic (exact) mass is 434 g/mol. The largest absolute Gasteiger partial charge is 0.408 e. The van der Waals surface area contributed by atoms with Gasteiger partial charge in [-0.15, -0.1) is 0 Å². The third-order valence-corrected chi connectivity index (χ3v) is 11.3. The molecule has 4 nitrogen and oxygen atoms in total. The van der Waals surface area contributed by atoms with Crippen molar-refractivity contribution in [3.63, 3.8) is 0 Å². The van der Waals surface area contributed by atoms with Gasteiger partial charge in [0, 0.05) is 7.11 Å². The Hall–Kier alpha value is -1.02. The van der Waals surface area contributed by atoms with Crippen molar-refractivity contribution in [3.05, 3.63) is 58.3 Å². The van der Waals surface area contributed by atoms with Gasteiger partial charge in [0.25, 0.3) is 0 Å². The first-order chi connectivity index (χ1) is 13.7. The molecule has 1 aromatic heterocycles. The van der Waals surface area contributed by atoms with Crippen molar-refractivity contribution in [2.24, 2.45) is 0 Å². The Morgan fingerprint density at radius 2 is 1.79 bits per heavy atom. The van der Waals surface area contributed by atoms with Gasteiger partial charge in [0.05, 0.1) is 13.2 Å². The van der Waals surface area contributed by atoms with Gasteiger partial charge in [-0.2, -0.15) is 11.3 Å². The van der Waals surface area contributed by atoms with Gasteiger partial charge in [-0.3, -0.25) is 0 Å². The highest BCUT2D eigenvalue weighted by Crippen LogP contribution is 2.43. The Morgan fingerprint density at radius 1 is 1.07 bits per heavy atom. The lowest BCUT2D eigenvalue weighted by Crippen LogP contribution is -2.50. The molecule has 0 N–H and O–H groups in total. The summed E-state index contributed by atoms with van der Waals surface area (Å²) in [4.78, 5) is 0. The van der Waals surface area contributed by atoms with E-state index in [0.717, 1.165) is 11.1 Å². The molecule has 1 aromatic carbocycles. The molecule has 1 fully saturated rings. The molecular formula is C23H34O4SSi. The Kier molecular flexibility index (Phi) is 7.35. The van der Waals surface area contributed by atoms with E-state index in [0.29, 0.717) is 13.2 Å². The number of ether oxygens (including phenoxy) is 3. The molecule has 0 bridgehead atoms. The van der Waals surface area contributed by atoms with Crippen molar-refractivity contribution in [1.29, 1.82) is 0 Å². The highest BCUT2D eigenvalue weighted by molar-refractivity contribution is 7.08. The molecule has 1 saturated heterocycles. The molecule has 0 unspecified atom stereocenters. The van der Waals surface area contributed by atoms with Crippen molar-refractivity contribution >= 4 is 19.7 Å². The van der Waals surface area contributed by atoms with E-state index in [1.807, 2.05) is 18.2 Å². The van der Waals surface area contributed by atoms with Gasteiger partial charge in [-0.25, -0.2) is 0 Å². The van der Waals surface area contributed by atoms with Gasteiger partial charge >= 0.3 is 0 Å². The molecule has 0 saturated carbocycles. The van der Waals surface area contributed by atoms with Crippen LogP contribution in [0.3, 0.4) is 0 Å². The van der Waals surface area contributed by atoms with Crippen molar-refractivity contribution in [1.82, 2.24) is 0 Å². The Labute approximate surface area is 180 Å². The van der Waals surface area contributed by atoms with Crippen LogP contribution in [0.5, 0.6) is 0 Å². The zero-order valence-corrected chi connectivity index (χ0v) is 20.2. The Morgan fingerprint density at radius 3 is 2.38 bits per heavy atom. The Balaban J connectivity index is 1.76. The van der Waals surface area contributed by atoms with Gasteiger partial charge in [-0.1, -0.05) is 51.1 Å². The van der Waals surface area contributed by atoms with Gasteiger partial charge in [-0.05, 0) is 46.1 Å². The first-order valence-electron chi connectivity index (χ1n) is 10.2. The SMILES string of the molecule is CO[C@@H]1[C@H](O[Si](C)(C)C(C)(C)C)[C@@H](COCc2ccccc2)O[C@H]1c1ccsc1. The number of hydrogen-bond acceptors (Lipinski definition) is 5. The highest BCUT2D eigenvalue weighted by atomic mass is 32.1. The second-order valence-electron chi connectivity index (χ2n) is 9.20. The Bertz CT molecular complexity index is 742. The van der Waals surface area contributed by atoms with E-state index in [1.165, 1.54) is 0 Å². The molecule has 0 spiro atoms. The maximum absolute atomic E-state index is 6.82. The zero-order chi connectivity index (χ0) is 21.1. The molecule has 6 heteroatoms. The molecular weight excluding hydrogens is 400 g/mol. The van der Waals surface area contributed by atoms with Crippen LogP contribution in [0.15, 0.2) is 47.2 Å². The summed E-state index contributed by atoms with van der Waals surface area (Å²) >= 11 is 1.68. The standard InChI is InChI=1S/C23H34O4SSi/c1-23(2,3)29(5,6)27-21-19(15-25-14-17-10-8-7-9-11-17)26-20(22(21)24-4)18-12-13-28-16-18/h7-13,16,19-22H,14-15H2,1-6H3/t19-,20+,21-,22+/m1/s1. The average Bonchev–Trinajstić information content (AvgIpc) is 3.30. The topological polar surface area (TPSA) is 36.9 Å². The lowest BCUT2D eigenvalue weighted by molar-refractivity contribution is -0.0466. The summed E-state index contributed by atoms with van der Waals surface area (Å²) in [6.07, 6.45) is -0.598. The normalized spacial score (nSPS) is 25.4. The van der Waals surface area contributed by atoms with Crippen LogP contribution in [0.25, 0.3) is 0 Å². The minimum atomic E-state index is -2.00. The van der Waals surface area contributed by atoms with E-state index in [9.17, 15) is 0 Å². The van der Waals surface area contributed by atoms with Gasteiger partial charge in [0.15, 0.2) is 8.32 Å². The number of hydrogen-bond donors (Lipinski definition) is 0. The van der Waals surface area contributed by atoms with Crippen LogP contribution in [0.1, 0.15) is 38.0 Å². The van der Waals surface area contributed by atoms with E-state index in [2.05, 4.69) is 62.8 Å². The molecule has 160 valence electrons. The third kappa shape index (κ3) is 5.37. The summed E-state index contributed by atoms with van der Waals surface area (Å²) < 4.78 is 25.3. The van der Waals surface area contributed by atoms with Crippen LogP contribution in [0.4, 0.5) is 0 Å². The minimum absolute atomic E-state index is 0.112. The maximum Gasteiger partial charge on any atom is 0.192 e. The van der Waals surface area contributed by atoms with E-state index in [-0.39, 0.29) is 29.5 Å². The number of thiophene rings is 1. The summed E-state index contributed by atoms with van der Waals surface area (Å²) in [6, 6.07) is 12.3. The van der Waals surface area contributed by atoms with Crippen molar-refractivity contribution < 1.29 is 18.6 Å². The van der Waals surface area contributed by atoms with Gasteiger partial charge in [0.1, 0.15) is 24.4 Å². The summed E-state index contributed by atoms with van der Waals surface area (Å²) in [7, 11) is -0.248. The lowest BCUT2D eigenvalue weighted by atomic mass is 10.0. The first-order valence-corrected chi connectivity index (χ1v) is 14.1. The summed E-state index contributed by atoms with van der Waals surface area (Å²) in [6.45, 7) is 12.4. The van der Waals surface area contributed by atoms with Crippen molar-refractivity contribution in [3.8, 4) is 0 Å². The summed E-state index contributed by atoms with van der Waals surface area (Å²) in [5.41, 5.74) is 2.31. The fraction of sp³-hybridized carbons (Fsp3) is 0.565. The maximum atomic E-state index is 6.82. The fourth-order valence-electron chi connectivity index (χ4n) is 3.35. The molecule has 2 heterocycles. The van der Waals surface area contributed by atoms with Crippen molar-refractivity contribution in [2.75, 3.05) is 13.7 Å². The second-order valence-corrected chi connectivity index (χ2v) is 14.7. The summed E-state index contributed by atoms with van der Waals surface area (Å²) in [5, 5.41) is 4.32. The molecule has 1 aliphatic rings. The average molecular weight is 435 g/mol. The summed E-state index contributed by atoms with van der Waals surface area (Å²) in [5.74, 6) is 0. The smallest absolute Gasteiger partial charge is 0.192 e. The lowest BCUT2D eigenvalue weighted by Gasteiger charge is -2.40. The molecule has 29 heavy (non-hydrogen) atoms. The van der Waals surface area contributed by atoms with E-state index < -0.39 is 8.32 Å². The van der Waals surface area contributed by atoms with Crippen LogP contribution in [-0.2, 0) is 25.2 Å². The molecule has 0 amide bonds. The molecule has 3 rings (SSSR count). The number of methoxy groups -OCH3 is 1. The minimum Gasteiger partial charge on any atom is -0.408 e. The predicted molar refractivity (Wildman–Crippen MR) is 121 cm³/mol. The zero-order valence-electron chi connectivity index (χ0n) is 18.4. The highest BCUT2D eigenvalue weighted by Gasteiger charge is 2.50. The van der Waals surface area contributed by atoms with Crippen LogP contribution >= 0.6 is 11.3 Å². The van der Waals surface area contributed by atoms with E-state index in [1.54, 1.807) is 18.4 Å². The first kappa shape index (κ1) is 22.7. The van der Waals surface area contributed by atoms with E-state index in [4.69, 9.17) is 18.6 Å². The fourth-order valence-corrected chi connectivity index (χ4v) is 5.36. The molecule has 2 aromatic rings. The van der Waals surface area contributed by atoms with Gasteiger partial charge in [0.2, 0.25) is 0 Å². The van der Waals surface area contributed by atoms with Crippen LogP contribution < -0.4 is 0 Å². The molecule has 0 aliphatic carbocycles. The van der Waals surface area contributed by atoms with Crippen LogP contribution in [0, 0.1) is 0 Å². The predicted octanol–water partition coefficient (Wildman–Crippen LogP) is 5.81. The quantitative estimate of drug-likeness (QED) is 0.491.